The minimum Gasteiger partial charge on any atom is -0.382 e. The van der Waals surface area contributed by atoms with Crippen molar-refractivity contribution < 1.29 is 0 Å². The fourth-order valence-corrected chi connectivity index (χ4v) is 3.48. The van der Waals surface area contributed by atoms with Crippen LogP contribution in [0.4, 0.5) is 11.4 Å². The van der Waals surface area contributed by atoms with E-state index in [9.17, 15) is 0 Å². The van der Waals surface area contributed by atoms with Crippen molar-refractivity contribution in [1.82, 2.24) is 0 Å². The summed E-state index contributed by atoms with van der Waals surface area (Å²) in [5, 5.41) is 8.79. The van der Waals surface area contributed by atoms with Crippen LogP contribution in [0.1, 0.15) is 31.9 Å². The molecule has 116 valence electrons. The van der Waals surface area contributed by atoms with Gasteiger partial charge in [0.2, 0.25) is 0 Å². The van der Waals surface area contributed by atoms with Crippen molar-refractivity contribution in [3.63, 3.8) is 0 Å². The van der Waals surface area contributed by atoms with Crippen LogP contribution in [-0.4, -0.2) is 6.04 Å². The molecule has 0 spiro atoms. The summed E-state index contributed by atoms with van der Waals surface area (Å²) < 4.78 is 0. The summed E-state index contributed by atoms with van der Waals surface area (Å²) in [7, 11) is 0. The third kappa shape index (κ3) is 3.04. The van der Waals surface area contributed by atoms with Crippen LogP contribution in [0.25, 0.3) is 0 Å². The predicted octanol–water partition coefficient (Wildman–Crippen LogP) is 5.99. The van der Waals surface area contributed by atoms with Gasteiger partial charge in [-0.3, -0.25) is 0 Å². The molecule has 0 radical (unpaired) electrons. The first kappa shape index (κ1) is 15.5. The lowest BCUT2D eigenvalue weighted by Crippen LogP contribution is -2.38. The van der Waals surface area contributed by atoms with Gasteiger partial charge in [0.05, 0.1) is 6.04 Å². The molecule has 3 atom stereocenters. The molecule has 0 saturated carbocycles. The molecule has 0 bridgehead atoms. The Balaban J connectivity index is 1.96. The van der Waals surface area contributed by atoms with Crippen LogP contribution in [-0.2, 0) is 0 Å². The monoisotopic (exact) mass is 334 g/mol. The highest BCUT2D eigenvalue weighted by Gasteiger charge is 2.32. The Kier molecular flexibility index (Phi) is 4.51. The second kappa shape index (κ2) is 6.39. The molecule has 3 rings (SSSR count). The highest BCUT2D eigenvalue weighted by Crippen LogP contribution is 2.40. The maximum absolute atomic E-state index is 6.21. The van der Waals surface area contributed by atoms with Gasteiger partial charge in [0.25, 0.3) is 0 Å². The van der Waals surface area contributed by atoms with Crippen LogP contribution in [0.3, 0.4) is 0 Å². The maximum atomic E-state index is 6.21. The van der Waals surface area contributed by atoms with Crippen molar-refractivity contribution in [3.05, 3.63) is 58.1 Å². The highest BCUT2D eigenvalue weighted by molar-refractivity contribution is 6.31. The van der Waals surface area contributed by atoms with Crippen LogP contribution < -0.4 is 10.6 Å². The molecule has 0 unspecified atom stereocenters. The Hall–Kier alpha value is -1.38. The van der Waals surface area contributed by atoms with E-state index in [0.29, 0.717) is 12.0 Å². The average Bonchev–Trinajstić information content (AvgIpc) is 2.52. The van der Waals surface area contributed by atoms with Gasteiger partial charge in [-0.25, -0.2) is 0 Å². The van der Waals surface area contributed by atoms with Crippen molar-refractivity contribution in [3.8, 4) is 0 Å². The largest absolute Gasteiger partial charge is 0.382 e. The Morgan fingerprint density at radius 3 is 2.41 bits per heavy atom. The molecule has 2 N–H and O–H groups in total. The summed E-state index contributed by atoms with van der Waals surface area (Å²) in [5.74, 6) is 0.451. The molecule has 22 heavy (non-hydrogen) atoms. The van der Waals surface area contributed by atoms with Crippen LogP contribution in [0, 0.1) is 5.92 Å². The molecule has 0 amide bonds. The topological polar surface area (TPSA) is 24.1 Å². The van der Waals surface area contributed by atoms with E-state index in [1.165, 1.54) is 11.3 Å². The smallest absolute Gasteiger partial charge is 0.0579 e. The minimum absolute atomic E-state index is 0.223. The third-order valence-electron chi connectivity index (χ3n) is 4.46. The van der Waals surface area contributed by atoms with Gasteiger partial charge in [-0.05, 0) is 54.4 Å². The first-order valence-corrected chi connectivity index (χ1v) is 8.42. The SMILES string of the molecule is CC[C@@H]1Nc2ccc(Cl)cc2[C@H](Nc2ccc(Cl)cc2)[C@H]1C. The molecular formula is C18H20Cl2N2. The average molecular weight is 335 g/mol. The Bertz CT molecular complexity index is 655. The number of nitrogens with one attached hydrogen (secondary N) is 2. The van der Waals surface area contributed by atoms with E-state index in [1.807, 2.05) is 30.3 Å². The van der Waals surface area contributed by atoms with Crippen molar-refractivity contribution in [1.29, 1.82) is 0 Å². The molecule has 1 aliphatic rings. The van der Waals surface area contributed by atoms with E-state index in [1.54, 1.807) is 0 Å². The van der Waals surface area contributed by atoms with Gasteiger partial charge >= 0.3 is 0 Å². The minimum atomic E-state index is 0.223. The number of fused-ring (bicyclic) bond motifs is 1. The molecule has 1 aliphatic heterocycles. The van der Waals surface area contributed by atoms with E-state index in [2.05, 4.69) is 36.6 Å². The predicted molar refractivity (Wildman–Crippen MR) is 96.1 cm³/mol. The molecular weight excluding hydrogens is 315 g/mol. The Labute approximate surface area is 141 Å². The van der Waals surface area contributed by atoms with Crippen LogP contribution in [0.2, 0.25) is 10.0 Å². The summed E-state index contributed by atoms with van der Waals surface area (Å²) in [4.78, 5) is 0. The number of benzene rings is 2. The quantitative estimate of drug-likeness (QED) is 0.720. The van der Waals surface area contributed by atoms with Gasteiger partial charge in [-0.15, -0.1) is 0 Å². The molecule has 0 aromatic heterocycles. The Morgan fingerprint density at radius 2 is 1.73 bits per heavy atom. The normalized spacial score (nSPS) is 23.5. The van der Waals surface area contributed by atoms with E-state index < -0.39 is 0 Å². The number of rotatable bonds is 3. The van der Waals surface area contributed by atoms with Gasteiger partial charge < -0.3 is 10.6 Å². The molecule has 2 aromatic rings. The maximum Gasteiger partial charge on any atom is 0.0579 e. The second-order valence-corrected chi connectivity index (χ2v) is 6.75. The van der Waals surface area contributed by atoms with Crippen LogP contribution in [0.15, 0.2) is 42.5 Å². The van der Waals surface area contributed by atoms with Crippen molar-refractivity contribution in [2.45, 2.75) is 32.4 Å². The van der Waals surface area contributed by atoms with Crippen LogP contribution in [0.5, 0.6) is 0 Å². The van der Waals surface area contributed by atoms with Crippen molar-refractivity contribution in [2.24, 2.45) is 5.92 Å². The number of hydrogen-bond donors (Lipinski definition) is 2. The van der Waals surface area contributed by atoms with Crippen molar-refractivity contribution in [2.75, 3.05) is 10.6 Å². The molecule has 0 saturated heterocycles. The summed E-state index contributed by atoms with van der Waals surface area (Å²) in [5.41, 5.74) is 3.46. The van der Waals surface area contributed by atoms with Gasteiger partial charge in [-0.1, -0.05) is 37.0 Å². The summed E-state index contributed by atoms with van der Waals surface area (Å²) >= 11 is 12.2. The number of anilines is 2. The fraction of sp³-hybridized carbons (Fsp3) is 0.333. The molecule has 1 heterocycles. The molecule has 2 nitrogen and oxygen atoms in total. The number of halogens is 2. The van der Waals surface area contributed by atoms with E-state index in [-0.39, 0.29) is 6.04 Å². The lowest BCUT2D eigenvalue weighted by atomic mass is 9.82. The van der Waals surface area contributed by atoms with E-state index >= 15 is 0 Å². The Morgan fingerprint density at radius 1 is 1.05 bits per heavy atom. The summed E-state index contributed by atoms with van der Waals surface area (Å²) in [6.45, 7) is 4.49. The second-order valence-electron chi connectivity index (χ2n) is 5.88. The summed E-state index contributed by atoms with van der Waals surface area (Å²) in [6.07, 6.45) is 1.09. The van der Waals surface area contributed by atoms with Gasteiger partial charge in [-0.2, -0.15) is 0 Å². The first-order valence-electron chi connectivity index (χ1n) is 7.66. The standard InChI is InChI=1S/C18H20Cl2N2/c1-3-16-11(2)18(21-14-7-4-12(19)5-8-14)15-10-13(20)6-9-17(15)22-16/h4-11,16,18,21-22H,3H2,1-2H3/t11-,16-,18+/m0/s1. The highest BCUT2D eigenvalue weighted by atomic mass is 35.5. The zero-order chi connectivity index (χ0) is 15.7. The van der Waals surface area contributed by atoms with Gasteiger partial charge in [0.15, 0.2) is 0 Å². The van der Waals surface area contributed by atoms with E-state index in [4.69, 9.17) is 23.2 Å². The zero-order valence-electron chi connectivity index (χ0n) is 12.7. The fourth-order valence-electron chi connectivity index (χ4n) is 3.18. The van der Waals surface area contributed by atoms with E-state index in [0.717, 1.165) is 22.2 Å². The molecule has 2 aromatic carbocycles. The lowest BCUT2D eigenvalue weighted by Gasteiger charge is -2.39. The van der Waals surface area contributed by atoms with Gasteiger partial charge in [0, 0.05) is 33.4 Å². The molecule has 0 fully saturated rings. The van der Waals surface area contributed by atoms with Crippen molar-refractivity contribution >= 4 is 34.6 Å². The zero-order valence-corrected chi connectivity index (χ0v) is 14.2. The lowest BCUT2D eigenvalue weighted by molar-refractivity contribution is 0.400. The van der Waals surface area contributed by atoms with Crippen LogP contribution >= 0.6 is 23.2 Å². The third-order valence-corrected chi connectivity index (χ3v) is 4.94. The van der Waals surface area contributed by atoms with Gasteiger partial charge in [0.1, 0.15) is 0 Å². The molecule has 4 heteroatoms. The number of hydrogen-bond acceptors (Lipinski definition) is 2. The summed E-state index contributed by atoms with van der Waals surface area (Å²) in [6, 6.07) is 14.6. The first-order chi connectivity index (χ1) is 10.6. The molecule has 0 aliphatic carbocycles.